The maximum absolute atomic E-state index is 13.1. The Morgan fingerprint density at radius 1 is 1.24 bits per heavy atom. The zero-order chi connectivity index (χ0) is 15.3. The molecule has 0 bridgehead atoms. The van der Waals surface area contributed by atoms with E-state index in [0.717, 1.165) is 32.0 Å². The fourth-order valence-corrected chi connectivity index (χ4v) is 2.53. The fourth-order valence-electron chi connectivity index (χ4n) is 2.53. The van der Waals surface area contributed by atoms with Crippen LogP contribution in [-0.4, -0.2) is 38.2 Å². The highest BCUT2D eigenvalue weighted by Crippen LogP contribution is 2.36. The largest absolute Gasteiger partial charge is 0.492 e. The summed E-state index contributed by atoms with van der Waals surface area (Å²) in [6, 6.07) is 4.23. The van der Waals surface area contributed by atoms with Gasteiger partial charge in [0, 0.05) is 13.1 Å². The topological polar surface area (TPSA) is 24.5 Å². The van der Waals surface area contributed by atoms with Crippen molar-refractivity contribution in [1.82, 2.24) is 10.2 Å². The molecule has 3 nitrogen and oxygen atoms in total. The van der Waals surface area contributed by atoms with Crippen LogP contribution in [0, 0.1) is 0 Å². The first-order chi connectivity index (χ1) is 10.0. The van der Waals surface area contributed by atoms with Gasteiger partial charge in [0.25, 0.3) is 0 Å². The van der Waals surface area contributed by atoms with Gasteiger partial charge in [0.2, 0.25) is 0 Å². The van der Waals surface area contributed by atoms with E-state index >= 15 is 0 Å². The van der Waals surface area contributed by atoms with E-state index in [1.807, 2.05) is 0 Å². The SMILES string of the molecule is CNCc1ccc(OCCN2CCCC2)c(C(F)(F)F)c1. The Morgan fingerprint density at radius 2 is 1.95 bits per heavy atom. The highest BCUT2D eigenvalue weighted by molar-refractivity contribution is 5.39. The summed E-state index contributed by atoms with van der Waals surface area (Å²) in [5.41, 5.74) is -0.103. The highest BCUT2D eigenvalue weighted by Gasteiger charge is 2.34. The van der Waals surface area contributed by atoms with Crippen LogP contribution in [0.1, 0.15) is 24.0 Å². The van der Waals surface area contributed by atoms with Gasteiger partial charge in [0.05, 0.1) is 5.56 Å². The van der Waals surface area contributed by atoms with Crippen molar-refractivity contribution in [1.29, 1.82) is 0 Å². The van der Waals surface area contributed by atoms with E-state index < -0.39 is 11.7 Å². The van der Waals surface area contributed by atoms with Crippen LogP contribution in [0.2, 0.25) is 0 Å². The van der Waals surface area contributed by atoms with Gasteiger partial charge in [0.15, 0.2) is 0 Å². The van der Waals surface area contributed by atoms with Crippen LogP contribution in [0.3, 0.4) is 0 Å². The summed E-state index contributed by atoms with van der Waals surface area (Å²) in [6.45, 7) is 3.38. The molecule has 0 aromatic heterocycles. The van der Waals surface area contributed by atoms with Crippen molar-refractivity contribution >= 4 is 0 Å². The molecule has 0 saturated carbocycles. The summed E-state index contributed by atoms with van der Waals surface area (Å²) in [7, 11) is 1.70. The molecule has 1 saturated heterocycles. The molecule has 1 aliphatic rings. The third kappa shape index (κ3) is 4.61. The lowest BCUT2D eigenvalue weighted by molar-refractivity contribution is -0.139. The van der Waals surface area contributed by atoms with E-state index in [1.54, 1.807) is 13.1 Å². The summed E-state index contributed by atoms with van der Waals surface area (Å²) in [5, 5.41) is 2.85. The Hall–Kier alpha value is -1.27. The van der Waals surface area contributed by atoms with Crippen LogP contribution in [0.4, 0.5) is 13.2 Å². The molecule has 0 amide bonds. The van der Waals surface area contributed by atoms with Crippen molar-refractivity contribution in [3.8, 4) is 5.75 Å². The van der Waals surface area contributed by atoms with Gasteiger partial charge in [-0.3, -0.25) is 4.90 Å². The molecule has 0 aliphatic carbocycles. The number of nitrogens with one attached hydrogen (secondary N) is 1. The molecule has 1 N–H and O–H groups in total. The molecule has 1 aromatic carbocycles. The Balaban J connectivity index is 2.02. The molecule has 1 heterocycles. The number of likely N-dealkylation sites (tertiary alicyclic amines) is 1. The number of hydrogen-bond acceptors (Lipinski definition) is 3. The first-order valence-electron chi connectivity index (χ1n) is 7.20. The van der Waals surface area contributed by atoms with Gasteiger partial charge in [-0.05, 0) is 50.7 Å². The molecule has 6 heteroatoms. The van der Waals surface area contributed by atoms with Gasteiger partial charge >= 0.3 is 6.18 Å². The average Bonchev–Trinajstić information content (AvgIpc) is 2.92. The second kappa shape index (κ2) is 7.13. The summed E-state index contributed by atoms with van der Waals surface area (Å²) in [6.07, 6.45) is -2.08. The van der Waals surface area contributed by atoms with Crippen LogP contribution >= 0.6 is 0 Å². The maximum atomic E-state index is 13.1. The van der Waals surface area contributed by atoms with Gasteiger partial charge in [-0.15, -0.1) is 0 Å². The predicted molar refractivity (Wildman–Crippen MR) is 75.4 cm³/mol. The van der Waals surface area contributed by atoms with Crippen LogP contribution in [0.15, 0.2) is 18.2 Å². The van der Waals surface area contributed by atoms with E-state index in [4.69, 9.17) is 4.74 Å². The molecule has 0 unspecified atom stereocenters. The highest BCUT2D eigenvalue weighted by atomic mass is 19.4. The Labute approximate surface area is 123 Å². The van der Waals surface area contributed by atoms with E-state index in [-0.39, 0.29) is 12.4 Å². The molecule has 0 atom stereocenters. The summed E-state index contributed by atoms with van der Waals surface area (Å²) in [4.78, 5) is 2.21. The van der Waals surface area contributed by atoms with Crippen LogP contribution in [0.5, 0.6) is 5.75 Å². The smallest absolute Gasteiger partial charge is 0.419 e. The molecule has 0 radical (unpaired) electrons. The molecule has 1 aromatic rings. The third-order valence-corrected chi connectivity index (χ3v) is 3.59. The van der Waals surface area contributed by atoms with Crippen molar-refractivity contribution in [3.63, 3.8) is 0 Å². The summed E-state index contributed by atoms with van der Waals surface area (Å²) in [5.74, 6) is -0.0819. The second-order valence-corrected chi connectivity index (χ2v) is 5.26. The van der Waals surface area contributed by atoms with E-state index in [0.29, 0.717) is 18.7 Å². The van der Waals surface area contributed by atoms with Gasteiger partial charge in [0.1, 0.15) is 12.4 Å². The minimum absolute atomic E-state index is 0.0819. The van der Waals surface area contributed by atoms with Gasteiger partial charge in [-0.2, -0.15) is 13.2 Å². The van der Waals surface area contributed by atoms with Crippen molar-refractivity contribution in [2.45, 2.75) is 25.6 Å². The van der Waals surface area contributed by atoms with Crippen molar-refractivity contribution < 1.29 is 17.9 Å². The zero-order valence-electron chi connectivity index (χ0n) is 12.2. The molecule has 21 heavy (non-hydrogen) atoms. The lowest BCUT2D eigenvalue weighted by atomic mass is 10.1. The van der Waals surface area contributed by atoms with Crippen molar-refractivity contribution in [2.24, 2.45) is 0 Å². The monoisotopic (exact) mass is 302 g/mol. The Bertz CT molecular complexity index is 457. The molecule has 1 aliphatic heterocycles. The number of rotatable bonds is 6. The number of ether oxygens (including phenoxy) is 1. The standard InChI is InChI=1S/C15H21F3N2O/c1-19-11-12-4-5-14(13(10-12)15(16,17)18)21-9-8-20-6-2-3-7-20/h4-5,10,19H,2-3,6-9,11H2,1H3. The minimum atomic E-state index is -4.40. The first kappa shape index (κ1) is 16.1. The average molecular weight is 302 g/mol. The van der Waals surface area contributed by atoms with Gasteiger partial charge in [-0.1, -0.05) is 6.07 Å². The number of alkyl halides is 3. The lowest BCUT2D eigenvalue weighted by Gasteiger charge is -2.18. The molecule has 1 fully saturated rings. The van der Waals surface area contributed by atoms with E-state index in [1.165, 1.54) is 6.07 Å². The van der Waals surface area contributed by atoms with Gasteiger partial charge in [-0.25, -0.2) is 0 Å². The predicted octanol–water partition coefficient (Wildman–Crippen LogP) is 2.90. The lowest BCUT2D eigenvalue weighted by Crippen LogP contribution is -2.25. The summed E-state index contributed by atoms with van der Waals surface area (Å²) < 4.78 is 44.6. The Kier molecular flexibility index (Phi) is 5.47. The van der Waals surface area contributed by atoms with Crippen molar-refractivity contribution in [2.75, 3.05) is 33.3 Å². The van der Waals surface area contributed by atoms with E-state index in [2.05, 4.69) is 10.2 Å². The molecular formula is C15H21F3N2O. The third-order valence-electron chi connectivity index (χ3n) is 3.59. The van der Waals surface area contributed by atoms with Crippen LogP contribution in [-0.2, 0) is 12.7 Å². The number of hydrogen-bond donors (Lipinski definition) is 1. The number of benzene rings is 1. The minimum Gasteiger partial charge on any atom is -0.492 e. The molecule has 2 rings (SSSR count). The first-order valence-corrected chi connectivity index (χ1v) is 7.20. The zero-order valence-corrected chi connectivity index (χ0v) is 12.2. The normalized spacial score (nSPS) is 16.4. The number of nitrogens with zero attached hydrogens (tertiary/aromatic N) is 1. The van der Waals surface area contributed by atoms with E-state index in [9.17, 15) is 13.2 Å². The molecule has 118 valence electrons. The maximum Gasteiger partial charge on any atom is 0.419 e. The molecular weight excluding hydrogens is 281 g/mol. The second-order valence-electron chi connectivity index (χ2n) is 5.26. The van der Waals surface area contributed by atoms with Crippen LogP contribution < -0.4 is 10.1 Å². The molecule has 0 spiro atoms. The fraction of sp³-hybridized carbons (Fsp3) is 0.600. The number of halogens is 3. The van der Waals surface area contributed by atoms with Crippen LogP contribution in [0.25, 0.3) is 0 Å². The van der Waals surface area contributed by atoms with Crippen molar-refractivity contribution in [3.05, 3.63) is 29.3 Å². The van der Waals surface area contributed by atoms with Gasteiger partial charge < -0.3 is 10.1 Å². The quantitative estimate of drug-likeness (QED) is 0.874. The summed E-state index contributed by atoms with van der Waals surface area (Å²) >= 11 is 0. The Morgan fingerprint density at radius 3 is 2.57 bits per heavy atom.